The largest absolute Gasteiger partial charge is 0.481 e. The summed E-state index contributed by atoms with van der Waals surface area (Å²) in [6.45, 7) is 18.4. The van der Waals surface area contributed by atoms with E-state index in [1.54, 1.807) is 4.80 Å². The number of nitrogens with two attached hydrogens (primary N) is 1. The number of carbonyl (C=O) groups is 1. The number of aromatic nitrogens is 4. The summed E-state index contributed by atoms with van der Waals surface area (Å²) in [6.07, 6.45) is 7.61. The lowest BCUT2D eigenvalue weighted by Gasteiger charge is -2.71. The number of hydrogen-bond acceptors (Lipinski definition) is 9. The van der Waals surface area contributed by atoms with Gasteiger partial charge in [0.05, 0.1) is 38.4 Å². The second-order valence-electron chi connectivity index (χ2n) is 17.6. The fraction of sp³-hybridized carbons (Fsp3) is 0.889. The summed E-state index contributed by atoms with van der Waals surface area (Å²) < 4.78 is 13.2. The Bertz CT molecular complexity index is 1400. The molecule has 3 saturated carbocycles. The molecule has 1 aromatic rings. The Morgan fingerprint density at radius 1 is 1.17 bits per heavy atom. The molecule has 11 nitrogen and oxygen atoms in total. The van der Waals surface area contributed by atoms with Crippen molar-refractivity contribution in [3.63, 3.8) is 0 Å². The SMILES string of the molecule is CCC(O)(CO)CO[C@H]1[C@H](n2nnc(N)n2)C[C@@]23COC[C@]1(C)[C@@H]2CC[C@H]1C3=CC[C@@]2(C)[C@H](C(=O)O)[C@@](C)([C@H](C)C(C)C)CC[C@]12C. The number of nitrogens with zero attached hydrogens (tertiary/aromatic N) is 4. The van der Waals surface area contributed by atoms with Gasteiger partial charge in [-0.3, -0.25) is 4.79 Å². The number of carboxylic acids is 1. The topological polar surface area (TPSA) is 166 Å². The average Bonchev–Trinajstić information content (AvgIpc) is 3.45. The van der Waals surface area contributed by atoms with Crippen LogP contribution in [-0.2, 0) is 14.3 Å². The maximum Gasteiger partial charge on any atom is 0.307 e. The van der Waals surface area contributed by atoms with Crippen molar-refractivity contribution in [3.05, 3.63) is 11.6 Å². The Morgan fingerprint density at radius 3 is 2.49 bits per heavy atom. The lowest BCUT2D eigenvalue weighted by molar-refractivity contribution is -0.259. The van der Waals surface area contributed by atoms with Crippen LogP contribution in [0.2, 0.25) is 0 Å². The summed E-state index contributed by atoms with van der Waals surface area (Å²) in [5.41, 5.74) is 4.42. The van der Waals surface area contributed by atoms with E-state index in [1.165, 1.54) is 5.57 Å². The summed E-state index contributed by atoms with van der Waals surface area (Å²) in [5, 5.41) is 44.9. The van der Waals surface area contributed by atoms with Crippen molar-refractivity contribution >= 4 is 11.9 Å². The minimum Gasteiger partial charge on any atom is -0.481 e. The average molecular weight is 658 g/mol. The minimum absolute atomic E-state index is 0.0213. The summed E-state index contributed by atoms with van der Waals surface area (Å²) in [4.78, 5) is 15.0. The molecule has 5 N–H and O–H groups in total. The quantitative estimate of drug-likeness (QED) is 0.268. The number of hydrogen-bond donors (Lipinski definition) is 4. The molecule has 5 aliphatic rings. The first-order chi connectivity index (χ1) is 22.0. The highest BCUT2D eigenvalue weighted by Gasteiger charge is 2.72. The molecule has 0 amide bonds. The van der Waals surface area contributed by atoms with Gasteiger partial charge in [0.15, 0.2) is 0 Å². The normalized spacial score (nSPS) is 44.8. The molecule has 1 saturated heterocycles. The van der Waals surface area contributed by atoms with Crippen molar-refractivity contribution in [1.82, 2.24) is 20.2 Å². The molecule has 2 bridgehead atoms. The van der Waals surface area contributed by atoms with Crippen LogP contribution in [0.3, 0.4) is 0 Å². The fourth-order valence-electron chi connectivity index (χ4n) is 12.0. The van der Waals surface area contributed by atoms with Crippen LogP contribution in [0.4, 0.5) is 5.95 Å². The summed E-state index contributed by atoms with van der Waals surface area (Å²) >= 11 is 0. The second-order valence-corrected chi connectivity index (χ2v) is 17.6. The fourth-order valence-corrected chi connectivity index (χ4v) is 12.0. The first-order valence-electron chi connectivity index (χ1n) is 18.0. The molecule has 0 radical (unpaired) electrons. The lowest BCUT2D eigenvalue weighted by atomic mass is 9.34. The first kappa shape index (κ1) is 34.8. The Hall–Kier alpha value is -2.08. The number of aliphatic hydroxyl groups excluding tert-OH is 1. The van der Waals surface area contributed by atoms with E-state index in [4.69, 9.17) is 15.2 Å². The van der Waals surface area contributed by atoms with Gasteiger partial charge in [0, 0.05) is 10.8 Å². The summed E-state index contributed by atoms with van der Waals surface area (Å²) in [6, 6.07) is -0.321. The van der Waals surface area contributed by atoms with Gasteiger partial charge < -0.3 is 30.5 Å². The number of tetrazole rings is 1. The Kier molecular flexibility index (Phi) is 8.50. The monoisotopic (exact) mass is 657 g/mol. The number of nitrogen functional groups attached to an aromatic ring is 1. The highest BCUT2D eigenvalue weighted by Crippen LogP contribution is 2.75. The van der Waals surface area contributed by atoms with Crippen molar-refractivity contribution in [2.45, 2.75) is 118 Å². The Balaban J connectivity index is 1.44. The molecule has 264 valence electrons. The van der Waals surface area contributed by atoms with Gasteiger partial charge in [0.2, 0.25) is 0 Å². The Labute approximate surface area is 280 Å². The van der Waals surface area contributed by atoms with Gasteiger partial charge in [-0.15, -0.1) is 5.10 Å². The van der Waals surface area contributed by atoms with E-state index in [9.17, 15) is 20.1 Å². The number of carboxylic acid groups (broad SMARTS) is 1. The molecule has 47 heavy (non-hydrogen) atoms. The van der Waals surface area contributed by atoms with Crippen LogP contribution in [0, 0.1) is 56.7 Å². The van der Waals surface area contributed by atoms with Crippen LogP contribution in [-0.4, -0.2) is 79.6 Å². The van der Waals surface area contributed by atoms with Crippen molar-refractivity contribution in [2.24, 2.45) is 56.7 Å². The highest BCUT2D eigenvalue weighted by molar-refractivity contribution is 5.73. The highest BCUT2D eigenvalue weighted by atomic mass is 16.5. The first-order valence-corrected chi connectivity index (χ1v) is 18.0. The van der Waals surface area contributed by atoms with Gasteiger partial charge in [-0.1, -0.05) is 72.1 Å². The third-order valence-corrected chi connectivity index (χ3v) is 15.3. The number of aliphatic carboxylic acids is 1. The van der Waals surface area contributed by atoms with Crippen LogP contribution in [0.25, 0.3) is 0 Å². The van der Waals surface area contributed by atoms with E-state index in [0.717, 1.165) is 32.1 Å². The molecule has 0 aromatic carbocycles. The van der Waals surface area contributed by atoms with E-state index in [2.05, 4.69) is 70.0 Å². The van der Waals surface area contributed by atoms with Crippen molar-refractivity contribution in [2.75, 3.05) is 32.2 Å². The van der Waals surface area contributed by atoms with E-state index < -0.39 is 41.0 Å². The summed E-state index contributed by atoms with van der Waals surface area (Å²) in [7, 11) is 0. The zero-order valence-corrected chi connectivity index (χ0v) is 29.8. The minimum atomic E-state index is -1.36. The van der Waals surface area contributed by atoms with Gasteiger partial charge in [-0.05, 0) is 90.1 Å². The van der Waals surface area contributed by atoms with Crippen molar-refractivity contribution in [1.29, 1.82) is 0 Å². The maximum absolute atomic E-state index is 13.4. The Morgan fingerprint density at radius 2 is 1.89 bits per heavy atom. The molecule has 6 rings (SSSR count). The molecule has 11 heteroatoms. The molecule has 1 unspecified atom stereocenters. The molecule has 1 aromatic heterocycles. The number of anilines is 1. The van der Waals surface area contributed by atoms with Crippen molar-refractivity contribution < 1.29 is 29.6 Å². The standard InChI is InChI=1S/C36H59N5O6/c1-9-35(45,17-42)19-47-28-25(41-39-30(37)38-40-41)16-36-20-46-18-32(28,6)26(36)11-10-23-24(36)12-13-34(8)27(29(43)44)31(5,22(4)21(2)3)14-15-33(23,34)7/h12,21-23,25-28,42,45H,9-11,13-20H2,1-8H3,(H2,37,39)(H,43,44)/t22-,23+,25-,26+,27-,28+,31-,32-,33-,34+,35?,36+/m1/s1. The molecule has 4 fully saturated rings. The van der Waals surface area contributed by atoms with Crippen LogP contribution >= 0.6 is 0 Å². The molecule has 12 atom stereocenters. The molecular formula is C36H59N5O6. The molecular weight excluding hydrogens is 598 g/mol. The molecule has 0 spiro atoms. The van der Waals surface area contributed by atoms with E-state index >= 15 is 0 Å². The smallest absolute Gasteiger partial charge is 0.307 e. The number of allylic oxidation sites excluding steroid dienone is 1. The second kappa shape index (κ2) is 11.5. The van der Waals surface area contributed by atoms with E-state index in [-0.39, 0.29) is 52.6 Å². The van der Waals surface area contributed by atoms with E-state index in [1.807, 2.05) is 6.92 Å². The number of rotatable bonds is 9. The summed E-state index contributed by atoms with van der Waals surface area (Å²) in [5.74, 6) is 0.147. The number of ether oxygens (including phenoxy) is 2. The van der Waals surface area contributed by atoms with Gasteiger partial charge in [0.1, 0.15) is 11.6 Å². The van der Waals surface area contributed by atoms with Crippen LogP contribution in [0.15, 0.2) is 11.6 Å². The van der Waals surface area contributed by atoms with Crippen LogP contribution in [0.1, 0.15) is 106 Å². The van der Waals surface area contributed by atoms with E-state index in [0.29, 0.717) is 32.0 Å². The lowest BCUT2D eigenvalue weighted by Crippen LogP contribution is -2.69. The maximum atomic E-state index is 13.4. The molecule has 2 heterocycles. The predicted octanol–water partition coefficient (Wildman–Crippen LogP) is 4.90. The third-order valence-electron chi connectivity index (χ3n) is 15.3. The van der Waals surface area contributed by atoms with Crippen molar-refractivity contribution in [3.8, 4) is 0 Å². The van der Waals surface area contributed by atoms with Gasteiger partial charge in [-0.2, -0.15) is 4.80 Å². The van der Waals surface area contributed by atoms with Gasteiger partial charge in [0.25, 0.3) is 5.95 Å². The number of fused-ring (bicyclic) bond motifs is 3. The zero-order valence-electron chi connectivity index (χ0n) is 29.8. The van der Waals surface area contributed by atoms with Crippen LogP contribution in [0.5, 0.6) is 0 Å². The van der Waals surface area contributed by atoms with Gasteiger partial charge in [-0.25, -0.2) is 0 Å². The zero-order chi connectivity index (χ0) is 34.4. The number of aliphatic hydroxyl groups is 2. The third kappa shape index (κ3) is 4.79. The van der Waals surface area contributed by atoms with Gasteiger partial charge >= 0.3 is 5.97 Å². The molecule has 4 aliphatic carbocycles. The predicted molar refractivity (Wildman–Crippen MR) is 177 cm³/mol. The van der Waals surface area contributed by atoms with Crippen LogP contribution < -0.4 is 5.73 Å². The molecule has 1 aliphatic heterocycles.